The molecule has 88 valence electrons. The maximum absolute atomic E-state index is 5.68. The van der Waals surface area contributed by atoms with E-state index in [1.807, 2.05) is 0 Å². The van der Waals surface area contributed by atoms with Crippen molar-refractivity contribution in [3.8, 4) is 0 Å². The summed E-state index contributed by atoms with van der Waals surface area (Å²) in [5.74, 6) is 0. The summed E-state index contributed by atoms with van der Waals surface area (Å²) >= 11 is 33.8. The highest BCUT2D eigenvalue weighted by Gasteiger charge is 2.42. The van der Waals surface area contributed by atoms with E-state index in [0.29, 0.717) is 0 Å². The molecule has 0 nitrogen and oxygen atoms in total. The Labute approximate surface area is 124 Å². The van der Waals surface area contributed by atoms with E-state index >= 15 is 0 Å². The first kappa shape index (κ1) is 14.8. The van der Waals surface area contributed by atoms with Crippen molar-refractivity contribution >= 4 is 69.6 Å². The fraction of sp³-hybridized carbons (Fsp3) is 0.200. The molecule has 0 aromatic carbocycles. The predicted molar refractivity (Wildman–Crippen MR) is 74.8 cm³/mol. The second kappa shape index (κ2) is 6.04. The molecule has 0 saturated heterocycles. The van der Waals surface area contributed by atoms with Crippen molar-refractivity contribution in [2.24, 2.45) is 0 Å². The molecule has 0 aromatic heterocycles. The van der Waals surface area contributed by atoms with E-state index < -0.39 is 4.33 Å². The van der Waals surface area contributed by atoms with Crippen molar-refractivity contribution in [2.75, 3.05) is 0 Å². The van der Waals surface area contributed by atoms with E-state index in [4.69, 9.17) is 69.6 Å². The van der Waals surface area contributed by atoms with Gasteiger partial charge in [0, 0.05) is 0 Å². The van der Waals surface area contributed by atoms with Crippen LogP contribution in [0.2, 0.25) is 0 Å². The van der Waals surface area contributed by atoms with E-state index in [1.54, 1.807) is 0 Å². The highest BCUT2D eigenvalue weighted by atomic mass is 35.5. The van der Waals surface area contributed by atoms with Gasteiger partial charge in [0.15, 0.2) is 4.33 Å². The van der Waals surface area contributed by atoms with E-state index in [1.165, 1.54) is 0 Å². The van der Waals surface area contributed by atoms with E-state index in [-0.39, 0.29) is 20.1 Å². The van der Waals surface area contributed by atoms with E-state index in [9.17, 15) is 0 Å². The molecule has 0 spiro atoms. The fourth-order valence-electron chi connectivity index (χ4n) is 0.958. The van der Waals surface area contributed by atoms with Crippen molar-refractivity contribution in [1.82, 2.24) is 0 Å². The Kier molecular flexibility index (Phi) is 5.57. The predicted octanol–water partition coefficient (Wildman–Crippen LogP) is 6.05. The van der Waals surface area contributed by atoms with Gasteiger partial charge in [0.2, 0.25) is 0 Å². The van der Waals surface area contributed by atoms with Crippen LogP contribution in [0.3, 0.4) is 0 Å². The lowest BCUT2D eigenvalue weighted by Gasteiger charge is -2.11. The second-order valence-corrected chi connectivity index (χ2v) is 5.76. The Morgan fingerprint density at radius 3 is 1.31 bits per heavy atom. The van der Waals surface area contributed by atoms with Crippen LogP contribution < -0.4 is 0 Å². The average molecular weight is 339 g/mol. The second-order valence-electron chi connectivity index (χ2n) is 2.92. The molecular weight excluding hydrogens is 333 g/mol. The van der Waals surface area contributed by atoms with Gasteiger partial charge in [-0.05, 0) is 6.42 Å². The maximum Gasteiger partial charge on any atom is 0.191 e. The summed E-state index contributed by atoms with van der Waals surface area (Å²) in [5, 5.41) is 0.279. The summed E-state index contributed by atoms with van der Waals surface area (Å²) in [6.45, 7) is 0. The summed E-state index contributed by atoms with van der Waals surface area (Å²) in [5.41, 5.74) is 0. The molecule has 16 heavy (non-hydrogen) atoms. The molecule has 0 heterocycles. The van der Waals surface area contributed by atoms with E-state index in [2.05, 4.69) is 24.3 Å². The molecule has 2 rings (SSSR count). The molecule has 0 atom stereocenters. The lowest BCUT2D eigenvalue weighted by molar-refractivity contribution is 1.24. The molecule has 0 unspecified atom stereocenters. The van der Waals surface area contributed by atoms with Crippen LogP contribution in [0.25, 0.3) is 0 Å². The van der Waals surface area contributed by atoms with Gasteiger partial charge in [-0.3, -0.25) is 0 Å². The molecule has 2 aliphatic rings. The quantitative estimate of drug-likeness (QED) is 0.471. The van der Waals surface area contributed by atoms with Gasteiger partial charge in [0.25, 0.3) is 0 Å². The zero-order valence-corrected chi connectivity index (χ0v) is 12.3. The smallest absolute Gasteiger partial charge is 0.0888 e. The first-order valence-corrected chi connectivity index (χ1v) is 6.47. The van der Waals surface area contributed by atoms with Crippen molar-refractivity contribution < 1.29 is 0 Å². The van der Waals surface area contributed by atoms with Crippen LogP contribution in [-0.2, 0) is 0 Å². The highest BCUT2D eigenvalue weighted by Crippen LogP contribution is 2.53. The van der Waals surface area contributed by atoms with Gasteiger partial charge < -0.3 is 0 Å². The minimum absolute atomic E-state index is 0.0394. The third-order valence-electron chi connectivity index (χ3n) is 1.78. The summed E-state index contributed by atoms with van der Waals surface area (Å²) in [7, 11) is 0. The average Bonchev–Trinajstić information content (AvgIpc) is 2.86. The van der Waals surface area contributed by atoms with Gasteiger partial charge in [0.1, 0.15) is 0 Å². The number of allylic oxidation sites excluding steroid dienone is 8. The molecule has 0 saturated carbocycles. The first-order chi connectivity index (χ1) is 7.39. The zero-order valence-electron chi connectivity index (χ0n) is 7.78. The first-order valence-electron chi connectivity index (χ1n) is 4.20. The van der Waals surface area contributed by atoms with Gasteiger partial charge in [0.05, 0.1) is 20.1 Å². The van der Waals surface area contributed by atoms with Crippen molar-refractivity contribution in [1.29, 1.82) is 0 Å². The number of halogens is 6. The van der Waals surface area contributed by atoms with Crippen LogP contribution in [0.15, 0.2) is 44.4 Å². The summed E-state index contributed by atoms with van der Waals surface area (Å²) in [6.07, 6.45) is 9.50. The molecule has 0 N–H and O–H groups in total. The molecule has 6 heteroatoms. The van der Waals surface area contributed by atoms with Gasteiger partial charge >= 0.3 is 0 Å². The molecule has 0 bridgehead atoms. The summed E-state index contributed by atoms with van der Waals surface area (Å²) in [6, 6.07) is 0. The van der Waals surface area contributed by atoms with Crippen LogP contribution in [0.4, 0.5) is 0 Å². The minimum atomic E-state index is -1.47. The lowest BCUT2D eigenvalue weighted by atomic mass is 10.4. The van der Waals surface area contributed by atoms with Crippen molar-refractivity contribution in [3.63, 3.8) is 0 Å². The third kappa shape index (κ3) is 3.13. The number of hydrogen-bond donors (Lipinski definition) is 0. The Hall–Kier alpha value is 0.700. The van der Waals surface area contributed by atoms with Gasteiger partial charge in [-0.1, -0.05) is 93.9 Å². The normalized spacial score (nSPS) is 21.6. The minimum Gasteiger partial charge on any atom is -0.0888 e. The van der Waals surface area contributed by atoms with Crippen molar-refractivity contribution in [2.45, 2.75) is 10.8 Å². The Bertz CT molecular complexity index is 364. The standard InChI is InChI=1S/C5Cl6.C5H6/c6-1-2(7)4(9)5(10,11)3(1)8;1-2-4-5-3-1/h;1-4H,5H2. The van der Waals surface area contributed by atoms with Crippen LogP contribution in [0.1, 0.15) is 6.42 Å². The van der Waals surface area contributed by atoms with Gasteiger partial charge in [-0.25, -0.2) is 0 Å². The molecule has 0 aliphatic heterocycles. The lowest BCUT2D eigenvalue weighted by Crippen LogP contribution is -2.09. The van der Waals surface area contributed by atoms with Crippen LogP contribution in [0.5, 0.6) is 0 Å². The number of alkyl halides is 2. The highest BCUT2D eigenvalue weighted by molar-refractivity contribution is 6.67. The SMILES string of the molecule is C1=CCC=C1.ClC1=C(Cl)C(Cl)(Cl)C(Cl)=C1Cl. The van der Waals surface area contributed by atoms with E-state index in [0.717, 1.165) is 6.42 Å². The Morgan fingerprint density at radius 2 is 1.19 bits per heavy atom. The third-order valence-corrected chi connectivity index (χ3v) is 4.92. The van der Waals surface area contributed by atoms with Gasteiger partial charge in [-0.15, -0.1) is 0 Å². The fourth-order valence-corrected chi connectivity index (χ4v) is 2.52. The Morgan fingerprint density at radius 1 is 0.812 bits per heavy atom. The molecule has 0 aromatic rings. The summed E-state index contributed by atoms with van der Waals surface area (Å²) < 4.78 is -1.47. The van der Waals surface area contributed by atoms with Crippen molar-refractivity contribution in [3.05, 3.63) is 44.4 Å². The topological polar surface area (TPSA) is 0 Å². The molecule has 0 amide bonds. The van der Waals surface area contributed by atoms with Gasteiger partial charge in [-0.2, -0.15) is 0 Å². The maximum atomic E-state index is 5.68. The van der Waals surface area contributed by atoms with Crippen LogP contribution in [0, 0.1) is 0 Å². The van der Waals surface area contributed by atoms with Crippen LogP contribution in [-0.4, -0.2) is 4.33 Å². The Balaban J connectivity index is 0.000000212. The molecule has 0 radical (unpaired) electrons. The molecule has 2 aliphatic carbocycles. The monoisotopic (exact) mass is 336 g/mol. The molecule has 0 fully saturated rings. The number of hydrogen-bond acceptors (Lipinski definition) is 0. The van der Waals surface area contributed by atoms with Crippen LogP contribution >= 0.6 is 69.6 Å². The molecular formula is C10H6Cl6. The number of rotatable bonds is 0. The largest absolute Gasteiger partial charge is 0.191 e. The zero-order chi connectivity index (χ0) is 12.3. The summed E-state index contributed by atoms with van der Waals surface area (Å²) in [4.78, 5) is 0.